The van der Waals surface area contributed by atoms with Crippen LogP contribution < -0.4 is 10.6 Å². The molecule has 0 saturated carbocycles. The lowest BCUT2D eigenvalue weighted by Gasteiger charge is -2.32. The van der Waals surface area contributed by atoms with E-state index < -0.39 is 16.1 Å². The third-order valence-electron chi connectivity index (χ3n) is 5.94. The molecule has 1 aliphatic rings. The Kier molecular flexibility index (Phi) is 7.80. The SMILES string of the molecule is CN(C)S(=O)(=O)N1CCC[C@H](C(=O)Nc2cccc(NC(=O)c3ccc(C(C)(C)C)cc3)c2)C1. The Morgan fingerprint density at radius 2 is 1.62 bits per heavy atom. The number of hydrogen-bond donors (Lipinski definition) is 2. The van der Waals surface area contributed by atoms with Crippen molar-refractivity contribution in [3.8, 4) is 0 Å². The van der Waals surface area contributed by atoms with Crippen molar-refractivity contribution in [1.82, 2.24) is 8.61 Å². The lowest BCUT2D eigenvalue weighted by molar-refractivity contribution is -0.120. The molecule has 0 spiro atoms. The Bertz CT molecular complexity index is 1140. The van der Waals surface area contributed by atoms with Gasteiger partial charge in [0.15, 0.2) is 0 Å². The molecule has 2 amide bonds. The second-order valence-electron chi connectivity index (χ2n) is 9.84. The van der Waals surface area contributed by atoms with Gasteiger partial charge in [-0.25, -0.2) is 0 Å². The highest BCUT2D eigenvalue weighted by Gasteiger charge is 2.33. The van der Waals surface area contributed by atoms with Gasteiger partial charge in [0.25, 0.3) is 16.1 Å². The van der Waals surface area contributed by atoms with E-state index >= 15 is 0 Å². The van der Waals surface area contributed by atoms with Crippen LogP contribution in [0.15, 0.2) is 48.5 Å². The van der Waals surface area contributed by atoms with E-state index in [1.54, 1.807) is 36.4 Å². The number of amides is 2. The molecule has 0 unspecified atom stereocenters. The summed E-state index contributed by atoms with van der Waals surface area (Å²) < 4.78 is 27.4. The minimum atomic E-state index is -3.56. The largest absolute Gasteiger partial charge is 0.326 e. The number of carbonyl (C=O) groups excluding carboxylic acids is 2. The molecule has 2 N–H and O–H groups in total. The Balaban J connectivity index is 1.64. The summed E-state index contributed by atoms with van der Waals surface area (Å²) in [4.78, 5) is 25.5. The number of anilines is 2. The zero-order valence-corrected chi connectivity index (χ0v) is 21.3. The lowest BCUT2D eigenvalue weighted by Crippen LogP contribution is -2.47. The summed E-state index contributed by atoms with van der Waals surface area (Å²) in [5.74, 6) is -0.913. The number of rotatable bonds is 6. The van der Waals surface area contributed by atoms with Crippen LogP contribution in [0.2, 0.25) is 0 Å². The molecule has 1 heterocycles. The van der Waals surface area contributed by atoms with E-state index in [1.165, 1.54) is 18.4 Å². The minimum absolute atomic E-state index is 0.00750. The summed E-state index contributed by atoms with van der Waals surface area (Å²) in [6, 6.07) is 14.4. The van der Waals surface area contributed by atoms with Crippen LogP contribution in [0.25, 0.3) is 0 Å². The third-order valence-corrected chi connectivity index (χ3v) is 7.85. The summed E-state index contributed by atoms with van der Waals surface area (Å²) in [5.41, 5.74) is 2.80. The van der Waals surface area contributed by atoms with Gasteiger partial charge < -0.3 is 10.6 Å². The van der Waals surface area contributed by atoms with Crippen molar-refractivity contribution in [2.75, 3.05) is 37.8 Å². The normalized spacial score (nSPS) is 17.4. The summed E-state index contributed by atoms with van der Waals surface area (Å²) in [7, 11) is -0.590. The maximum atomic E-state index is 12.8. The molecular weight excluding hydrogens is 452 g/mol. The highest BCUT2D eigenvalue weighted by atomic mass is 32.2. The minimum Gasteiger partial charge on any atom is -0.326 e. The molecular formula is C25H34N4O4S. The summed E-state index contributed by atoms with van der Waals surface area (Å²) in [5, 5.41) is 5.73. The smallest absolute Gasteiger partial charge is 0.281 e. The van der Waals surface area contributed by atoms with Crippen molar-refractivity contribution >= 4 is 33.4 Å². The molecule has 1 aliphatic heterocycles. The fourth-order valence-electron chi connectivity index (χ4n) is 3.84. The van der Waals surface area contributed by atoms with Crippen molar-refractivity contribution < 1.29 is 18.0 Å². The van der Waals surface area contributed by atoms with Gasteiger partial charge >= 0.3 is 0 Å². The zero-order chi connectivity index (χ0) is 25.1. The number of nitrogens with one attached hydrogen (secondary N) is 2. The predicted molar refractivity (Wildman–Crippen MR) is 135 cm³/mol. The van der Waals surface area contributed by atoms with Gasteiger partial charge in [0.05, 0.1) is 5.92 Å². The van der Waals surface area contributed by atoms with Gasteiger partial charge in [0.2, 0.25) is 5.91 Å². The second kappa shape index (κ2) is 10.2. The Morgan fingerprint density at radius 1 is 1.00 bits per heavy atom. The molecule has 34 heavy (non-hydrogen) atoms. The first kappa shape index (κ1) is 25.9. The molecule has 0 radical (unpaired) electrons. The summed E-state index contributed by atoms with van der Waals surface area (Å²) in [6.07, 6.45) is 1.24. The monoisotopic (exact) mass is 486 g/mol. The van der Waals surface area contributed by atoms with Crippen LogP contribution in [-0.2, 0) is 20.4 Å². The molecule has 1 atom stereocenters. The third kappa shape index (κ3) is 6.22. The second-order valence-corrected chi connectivity index (χ2v) is 12.0. The topological polar surface area (TPSA) is 98.8 Å². The van der Waals surface area contributed by atoms with E-state index in [9.17, 15) is 18.0 Å². The molecule has 8 nitrogen and oxygen atoms in total. The molecule has 3 rings (SSSR count). The molecule has 2 aromatic rings. The van der Waals surface area contributed by atoms with Crippen molar-refractivity contribution in [3.05, 3.63) is 59.7 Å². The van der Waals surface area contributed by atoms with Crippen molar-refractivity contribution in [2.45, 2.75) is 39.0 Å². The first-order valence-corrected chi connectivity index (χ1v) is 12.8. The van der Waals surface area contributed by atoms with Crippen molar-refractivity contribution in [3.63, 3.8) is 0 Å². The highest BCUT2D eigenvalue weighted by Crippen LogP contribution is 2.24. The quantitative estimate of drug-likeness (QED) is 0.651. The Hall–Kier alpha value is -2.75. The van der Waals surface area contributed by atoms with E-state index in [0.29, 0.717) is 36.3 Å². The lowest BCUT2D eigenvalue weighted by atomic mass is 9.87. The molecule has 184 valence electrons. The van der Waals surface area contributed by atoms with Crippen LogP contribution >= 0.6 is 0 Å². The van der Waals surface area contributed by atoms with E-state index in [2.05, 4.69) is 31.4 Å². The average Bonchev–Trinajstić information content (AvgIpc) is 2.78. The first-order chi connectivity index (χ1) is 15.9. The van der Waals surface area contributed by atoms with Crippen molar-refractivity contribution in [2.24, 2.45) is 5.92 Å². The maximum absolute atomic E-state index is 12.8. The molecule has 9 heteroatoms. The Labute approximate surface area is 202 Å². The first-order valence-electron chi connectivity index (χ1n) is 11.4. The van der Waals surface area contributed by atoms with Gasteiger partial charge in [0.1, 0.15) is 0 Å². The van der Waals surface area contributed by atoms with Gasteiger partial charge in [0, 0.05) is 44.1 Å². The van der Waals surface area contributed by atoms with Crippen molar-refractivity contribution in [1.29, 1.82) is 0 Å². The van der Waals surface area contributed by atoms with Gasteiger partial charge in [-0.3, -0.25) is 9.59 Å². The number of benzene rings is 2. The van der Waals surface area contributed by atoms with E-state index in [1.807, 2.05) is 12.1 Å². The fourth-order valence-corrected chi connectivity index (χ4v) is 5.03. The van der Waals surface area contributed by atoms with Gasteiger partial charge in [-0.15, -0.1) is 0 Å². The number of nitrogens with zero attached hydrogens (tertiary/aromatic N) is 2. The highest BCUT2D eigenvalue weighted by molar-refractivity contribution is 7.86. The average molecular weight is 487 g/mol. The molecule has 2 aromatic carbocycles. The van der Waals surface area contributed by atoms with Crippen LogP contribution in [0.4, 0.5) is 11.4 Å². The molecule has 1 saturated heterocycles. The predicted octanol–water partition coefficient (Wildman–Crippen LogP) is 3.69. The van der Waals surface area contributed by atoms with E-state index in [-0.39, 0.29) is 23.8 Å². The summed E-state index contributed by atoms with van der Waals surface area (Å²) in [6.45, 7) is 6.91. The maximum Gasteiger partial charge on any atom is 0.281 e. The molecule has 0 aliphatic carbocycles. The molecule has 0 aromatic heterocycles. The standard InChI is InChI=1S/C25H34N4O4S/c1-25(2,3)20-13-11-18(12-14-20)23(30)26-21-9-6-10-22(16-21)27-24(31)19-8-7-15-29(17-19)34(32,33)28(4)5/h6,9-14,16,19H,7-8,15,17H2,1-5H3,(H,26,30)(H,27,31)/t19-/m0/s1. The Morgan fingerprint density at radius 3 is 2.21 bits per heavy atom. The zero-order valence-electron chi connectivity index (χ0n) is 20.5. The van der Waals surface area contributed by atoms with Crippen LogP contribution in [0.1, 0.15) is 49.5 Å². The van der Waals surface area contributed by atoms with Crippen LogP contribution in [0.3, 0.4) is 0 Å². The van der Waals surface area contributed by atoms with Gasteiger partial charge in [-0.05, 0) is 54.2 Å². The fraction of sp³-hybridized carbons (Fsp3) is 0.440. The van der Waals surface area contributed by atoms with Crippen LogP contribution in [0, 0.1) is 5.92 Å². The van der Waals surface area contributed by atoms with Crippen LogP contribution in [0.5, 0.6) is 0 Å². The number of carbonyl (C=O) groups is 2. The van der Waals surface area contributed by atoms with Gasteiger partial charge in [-0.1, -0.05) is 39.0 Å². The number of piperidine rings is 1. The van der Waals surface area contributed by atoms with E-state index in [4.69, 9.17) is 0 Å². The molecule has 1 fully saturated rings. The van der Waals surface area contributed by atoms with Crippen LogP contribution in [-0.4, -0.2) is 56.0 Å². The van der Waals surface area contributed by atoms with Gasteiger partial charge in [-0.2, -0.15) is 17.0 Å². The number of hydrogen-bond acceptors (Lipinski definition) is 4. The van der Waals surface area contributed by atoms with E-state index in [0.717, 1.165) is 9.87 Å². The summed E-state index contributed by atoms with van der Waals surface area (Å²) >= 11 is 0. The molecule has 0 bridgehead atoms.